The third-order valence-corrected chi connectivity index (χ3v) is 0. The first-order valence-electron chi connectivity index (χ1n) is 0. The zero-order valence-electron chi connectivity index (χ0n) is 4.00. The zero-order chi connectivity index (χ0) is 0. The molecule has 0 bridgehead atoms. The van der Waals surface area contributed by atoms with E-state index in [1.807, 2.05) is 0 Å². The van der Waals surface area contributed by atoms with E-state index in [0.717, 1.165) is 0 Å². The van der Waals surface area contributed by atoms with Crippen LogP contribution in [0.2, 0.25) is 0 Å². The number of hydrogen-bond acceptors (Lipinski definition) is 0. The molecule has 0 spiro atoms. The van der Waals surface area contributed by atoms with Gasteiger partial charge in [0, 0.05) is 124 Å². The van der Waals surface area contributed by atoms with Gasteiger partial charge in [0.05, 0.1) is 0 Å². The van der Waals surface area contributed by atoms with Gasteiger partial charge < -0.3 is 14.9 Å². The van der Waals surface area contributed by atoms with E-state index in [2.05, 4.69) is 0 Å². The van der Waals surface area contributed by atoms with Crippen LogP contribution >= 0.6 is 0 Å². The van der Waals surface area contributed by atoms with E-state index in [9.17, 15) is 0 Å². The van der Waals surface area contributed by atoms with Gasteiger partial charge in [0.15, 0.2) is 0 Å². The van der Waals surface area contributed by atoms with Gasteiger partial charge >= 0.3 is 0 Å². The minimum Gasteiger partial charge on any atom is -0.358 e. The first kappa shape index (κ1) is 48.9. The number of rotatable bonds is 0. The molecular formula is C2H6U4-2. The Kier molecular flexibility index (Phi) is 285. The maximum Gasteiger partial charge on any atom is 0 e. The summed E-state index contributed by atoms with van der Waals surface area (Å²) in [5, 5.41) is 0. The first-order valence-corrected chi connectivity index (χ1v) is 0. The summed E-state index contributed by atoms with van der Waals surface area (Å²) in [4.78, 5) is 0. The summed E-state index contributed by atoms with van der Waals surface area (Å²) >= 11 is 0. The van der Waals surface area contributed by atoms with Crippen molar-refractivity contribution in [3.05, 3.63) is 14.9 Å². The minimum atomic E-state index is 0. The van der Waals surface area contributed by atoms with Crippen LogP contribution in [0.3, 0.4) is 0 Å². The Morgan fingerprint density at radius 1 is 0.333 bits per heavy atom. The van der Waals surface area contributed by atoms with Crippen LogP contribution < -0.4 is 0 Å². The summed E-state index contributed by atoms with van der Waals surface area (Å²) in [5.74, 6) is 0. The molecule has 0 atom stereocenters. The summed E-state index contributed by atoms with van der Waals surface area (Å²) in [6.45, 7) is 0. The number of hydrogen-bond donors (Lipinski definition) is 0. The summed E-state index contributed by atoms with van der Waals surface area (Å²) < 4.78 is 0. The minimum absolute atomic E-state index is 0. The molecule has 0 radical (unpaired) electrons. The largest absolute Gasteiger partial charge is 0.358 e. The van der Waals surface area contributed by atoms with E-state index < -0.39 is 0 Å². The van der Waals surface area contributed by atoms with Crippen LogP contribution in [0.15, 0.2) is 0 Å². The van der Waals surface area contributed by atoms with E-state index >= 15 is 0 Å². The molecule has 0 fully saturated rings. The van der Waals surface area contributed by atoms with Crippen molar-refractivity contribution in [1.82, 2.24) is 0 Å². The maximum atomic E-state index is 0. The van der Waals surface area contributed by atoms with Crippen LogP contribution in [-0.2, 0) is 0 Å². The second kappa shape index (κ2) is 35.0. The van der Waals surface area contributed by atoms with Crippen molar-refractivity contribution in [2.75, 3.05) is 0 Å². The summed E-state index contributed by atoms with van der Waals surface area (Å²) in [7, 11) is 0. The van der Waals surface area contributed by atoms with Crippen molar-refractivity contribution in [2.24, 2.45) is 0 Å². The SMILES string of the molecule is [CH3-].[CH3-].[U].[U].[U].[U]. The fraction of sp³-hybridized carbons (Fsp3) is 0. The average Bonchev–Trinajstić information content (AvgIpc) is 0. The monoisotopic (exact) mass is 982 g/mol. The third-order valence-electron chi connectivity index (χ3n) is 0. The molecule has 0 saturated carbocycles. The fourth-order valence-electron chi connectivity index (χ4n) is 0. The molecule has 0 rings (SSSR count). The van der Waals surface area contributed by atoms with E-state index in [1.54, 1.807) is 0 Å². The van der Waals surface area contributed by atoms with Crippen molar-refractivity contribution < 1.29 is 124 Å². The molecule has 6 heavy (non-hydrogen) atoms. The topological polar surface area (TPSA) is 0 Å². The maximum absolute atomic E-state index is 0. The molecule has 32 valence electrons. The van der Waals surface area contributed by atoms with E-state index in [4.69, 9.17) is 0 Å². The smallest absolute Gasteiger partial charge is 0 e. The molecule has 0 aromatic carbocycles. The van der Waals surface area contributed by atoms with Crippen molar-refractivity contribution >= 4 is 0 Å². The molecule has 4 heteroatoms. The van der Waals surface area contributed by atoms with Gasteiger partial charge in [0.25, 0.3) is 0 Å². The van der Waals surface area contributed by atoms with Crippen LogP contribution in [-0.4, -0.2) is 0 Å². The molecule has 0 N–H and O–H groups in total. The molecule has 0 amide bonds. The van der Waals surface area contributed by atoms with E-state index in [-0.39, 0.29) is 139 Å². The zero-order valence-corrected chi connectivity index (χ0v) is 20.7. The second-order valence-electron chi connectivity index (χ2n) is 0. The van der Waals surface area contributed by atoms with Gasteiger partial charge in [-0.15, -0.1) is 0 Å². The van der Waals surface area contributed by atoms with E-state index in [0.29, 0.717) is 0 Å². The Morgan fingerprint density at radius 3 is 0.333 bits per heavy atom. The van der Waals surface area contributed by atoms with Crippen LogP contribution in [0.1, 0.15) is 0 Å². The molecular weight excluding hydrogens is 976 g/mol. The van der Waals surface area contributed by atoms with Crippen LogP contribution in [0, 0.1) is 139 Å². The molecule has 0 saturated heterocycles. The molecule has 0 unspecified atom stereocenters. The Morgan fingerprint density at radius 2 is 0.333 bits per heavy atom. The fourth-order valence-corrected chi connectivity index (χ4v) is 0. The van der Waals surface area contributed by atoms with Gasteiger partial charge in [-0.1, -0.05) is 0 Å². The first-order chi connectivity index (χ1) is 0. The molecule has 0 aliphatic heterocycles. The van der Waals surface area contributed by atoms with Gasteiger partial charge in [-0.3, -0.25) is 0 Å². The molecule has 0 nitrogen and oxygen atoms in total. The van der Waals surface area contributed by atoms with Gasteiger partial charge in [-0.2, -0.15) is 0 Å². The molecule has 0 aromatic heterocycles. The quantitative estimate of drug-likeness (QED) is 0.318. The summed E-state index contributed by atoms with van der Waals surface area (Å²) in [6.07, 6.45) is 0. The molecule has 0 aliphatic rings. The predicted octanol–water partition coefficient (Wildman–Crippen LogP) is 0.901. The van der Waals surface area contributed by atoms with Crippen molar-refractivity contribution in [1.29, 1.82) is 0 Å². The third kappa shape index (κ3) is 24.1. The second-order valence-corrected chi connectivity index (χ2v) is 0. The van der Waals surface area contributed by atoms with Crippen LogP contribution in [0.5, 0.6) is 0 Å². The Labute approximate surface area is 136 Å². The Hall–Kier alpha value is 4.21. The van der Waals surface area contributed by atoms with Crippen LogP contribution in [0.4, 0.5) is 0 Å². The van der Waals surface area contributed by atoms with Gasteiger partial charge in [-0.05, 0) is 0 Å². The molecule has 0 aromatic rings. The molecule has 0 aliphatic carbocycles. The standard InChI is InChI=1S/2CH3.4U/h2*1H3;;;;/q2*-1;;;;. The van der Waals surface area contributed by atoms with Gasteiger partial charge in [0.1, 0.15) is 0 Å². The van der Waals surface area contributed by atoms with Crippen molar-refractivity contribution in [2.45, 2.75) is 0 Å². The van der Waals surface area contributed by atoms with E-state index in [1.165, 1.54) is 0 Å². The van der Waals surface area contributed by atoms with Crippen LogP contribution in [0.25, 0.3) is 0 Å². The van der Waals surface area contributed by atoms with Crippen molar-refractivity contribution in [3.8, 4) is 0 Å². The summed E-state index contributed by atoms with van der Waals surface area (Å²) in [5.41, 5.74) is 0. The van der Waals surface area contributed by atoms with Gasteiger partial charge in [-0.25, -0.2) is 0 Å². The Balaban J connectivity index is 0. The Bertz CT molecular complexity index is 5.51. The average molecular weight is 982 g/mol. The molecule has 0 heterocycles. The van der Waals surface area contributed by atoms with Gasteiger partial charge in [0.2, 0.25) is 0 Å². The van der Waals surface area contributed by atoms with Crippen molar-refractivity contribution in [3.63, 3.8) is 0 Å². The normalized spacial score (nSPS) is 0. The predicted molar refractivity (Wildman–Crippen MR) is 12.8 cm³/mol. The summed E-state index contributed by atoms with van der Waals surface area (Å²) in [6, 6.07) is 0.